The molecule has 0 bridgehead atoms. The molecular weight excluding hydrogens is 456 g/mol. The van der Waals surface area contributed by atoms with E-state index in [9.17, 15) is 14.4 Å². The van der Waals surface area contributed by atoms with Crippen molar-refractivity contribution < 1.29 is 19.1 Å². The summed E-state index contributed by atoms with van der Waals surface area (Å²) in [5, 5.41) is 2.78. The highest BCUT2D eigenvalue weighted by atomic mass is 32.2. The van der Waals surface area contributed by atoms with Crippen molar-refractivity contribution in [3.8, 4) is 0 Å². The van der Waals surface area contributed by atoms with Crippen molar-refractivity contribution in [3.05, 3.63) is 70.6 Å². The van der Waals surface area contributed by atoms with E-state index in [-0.39, 0.29) is 17.1 Å². The smallest absolute Gasteiger partial charge is 0.338 e. The topological polar surface area (TPSA) is 75.7 Å². The van der Waals surface area contributed by atoms with E-state index in [1.54, 1.807) is 36.1 Å². The number of rotatable bonds is 10. The zero-order valence-corrected chi connectivity index (χ0v) is 20.0. The van der Waals surface area contributed by atoms with Gasteiger partial charge in [-0.25, -0.2) is 4.79 Å². The third kappa shape index (κ3) is 7.27. The predicted molar refractivity (Wildman–Crippen MR) is 136 cm³/mol. The van der Waals surface area contributed by atoms with Crippen molar-refractivity contribution in [1.82, 2.24) is 4.90 Å². The first-order chi connectivity index (χ1) is 16.0. The molecule has 33 heavy (non-hydrogen) atoms. The maximum atomic E-state index is 12.3. The molecule has 1 aliphatic rings. The van der Waals surface area contributed by atoms with Crippen LogP contribution in [0.2, 0.25) is 0 Å². The summed E-state index contributed by atoms with van der Waals surface area (Å²) in [5.41, 5.74) is 2.10. The van der Waals surface area contributed by atoms with Crippen molar-refractivity contribution in [1.29, 1.82) is 0 Å². The highest BCUT2D eigenvalue weighted by Crippen LogP contribution is 2.33. The molecule has 0 aliphatic carbocycles. The summed E-state index contributed by atoms with van der Waals surface area (Å²) in [4.78, 5) is 39.2. The highest BCUT2D eigenvalue weighted by Gasteiger charge is 2.31. The van der Waals surface area contributed by atoms with Crippen LogP contribution in [0.5, 0.6) is 0 Å². The normalized spacial score (nSPS) is 14.6. The van der Waals surface area contributed by atoms with Gasteiger partial charge < -0.3 is 10.1 Å². The van der Waals surface area contributed by atoms with Crippen molar-refractivity contribution in [2.75, 3.05) is 18.5 Å². The summed E-state index contributed by atoms with van der Waals surface area (Å²) in [6.07, 6.45) is 4.61. The van der Waals surface area contributed by atoms with E-state index in [4.69, 9.17) is 17.0 Å². The number of carbonyl (C=O) groups excluding carboxylic acids is 3. The van der Waals surface area contributed by atoms with Gasteiger partial charge in [0.25, 0.3) is 5.24 Å². The Morgan fingerprint density at radius 1 is 1.06 bits per heavy atom. The second-order valence-corrected chi connectivity index (χ2v) is 8.78. The molecule has 0 saturated carbocycles. The molecule has 8 heteroatoms. The summed E-state index contributed by atoms with van der Waals surface area (Å²) < 4.78 is 4.94. The number of benzene rings is 2. The molecule has 1 aliphatic heterocycles. The van der Waals surface area contributed by atoms with Gasteiger partial charge in [-0.15, -0.1) is 0 Å². The quantitative estimate of drug-likeness (QED) is 0.197. The third-order valence-corrected chi connectivity index (χ3v) is 6.43. The minimum Gasteiger partial charge on any atom is -0.462 e. The largest absolute Gasteiger partial charge is 0.462 e. The van der Waals surface area contributed by atoms with Crippen molar-refractivity contribution >= 4 is 57.8 Å². The lowest BCUT2D eigenvalue weighted by atomic mass is 10.1. The van der Waals surface area contributed by atoms with Crippen LogP contribution in [0.4, 0.5) is 10.5 Å². The number of thiocarbonyl (C=S) groups is 1. The Morgan fingerprint density at radius 2 is 1.79 bits per heavy atom. The van der Waals surface area contributed by atoms with E-state index in [1.807, 2.05) is 36.4 Å². The van der Waals surface area contributed by atoms with Crippen LogP contribution < -0.4 is 5.32 Å². The van der Waals surface area contributed by atoms with Crippen LogP contribution in [0.25, 0.3) is 6.08 Å². The van der Waals surface area contributed by atoms with Crippen LogP contribution >= 0.6 is 24.0 Å². The van der Waals surface area contributed by atoms with Gasteiger partial charge in [-0.05, 0) is 67.4 Å². The molecule has 2 aromatic carbocycles. The number of ether oxygens (including phenoxy) is 1. The molecule has 0 aromatic heterocycles. The standard InChI is InChI=1S/C25H26N2O4S2/c1-2-31-24(29)19-12-14-20(15-13-19)26-22(28)11-7-4-8-16-27-23(32)21(33-25(27)30)17-18-9-5-3-6-10-18/h3,5-6,9-10,12-15,17H,2,4,7-8,11,16H2,1H3,(H,26,28). The fourth-order valence-electron chi connectivity index (χ4n) is 3.25. The van der Waals surface area contributed by atoms with E-state index < -0.39 is 0 Å². The number of nitrogens with one attached hydrogen (secondary N) is 1. The van der Waals surface area contributed by atoms with Crippen LogP contribution in [-0.2, 0) is 9.53 Å². The molecule has 0 unspecified atom stereocenters. The molecule has 172 valence electrons. The van der Waals surface area contributed by atoms with Crippen molar-refractivity contribution in [2.24, 2.45) is 0 Å². The minimum absolute atomic E-state index is 0.0498. The Morgan fingerprint density at radius 3 is 2.48 bits per heavy atom. The number of unbranched alkanes of at least 4 members (excludes halogenated alkanes) is 2. The van der Waals surface area contributed by atoms with Crippen LogP contribution in [-0.4, -0.2) is 40.2 Å². The zero-order valence-electron chi connectivity index (χ0n) is 18.4. The van der Waals surface area contributed by atoms with Gasteiger partial charge in [0.2, 0.25) is 5.91 Å². The van der Waals surface area contributed by atoms with E-state index in [2.05, 4.69) is 5.32 Å². The van der Waals surface area contributed by atoms with Crippen LogP contribution in [0.15, 0.2) is 59.5 Å². The molecule has 1 N–H and O–H groups in total. The number of hydrogen-bond donors (Lipinski definition) is 1. The van der Waals surface area contributed by atoms with Gasteiger partial charge in [-0.3, -0.25) is 14.5 Å². The van der Waals surface area contributed by atoms with Crippen molar-refractivity contribution in [2.45, 2.75) is 32.6 Å². The minimum atomic E-state index is -0.382. The molecule has 2 aromatic rings. The predicted octanol–water partition coefficient (Wildman–Crippen LogP) is 5.90. The highest BCUT2D eigenvalue weighted by molar-refractivity contribution is 8.19. The average molecular weight is 483 g/mol. The zero-order chi connectivity index (χ0) is 23.6. The van der Waals surface area contributed by atoms with Gasteiger partial charge >= 0.3 is 5.97 Å². The first-order valence-corrected chi connectivity index (χ1v) is 12.1. The number of thioether (sulfide) groups is 1. The van der Waals surface area contributed by atoms with E-state index in [0.717, 1.165) is 23.3 Å². The number of amides is 2. The third-order valence-electron chi connectivity index (χ3n) is 4.94. The summed E-state index contributed by atoms with van der Waals surface area (Å²) in [6.45, 7) is 2.62. The SMILES string of the molecule is CCOC(=O)c1ccc(NC(=O)CCCCCN2C(=O)SC(=Cc3ccccc3)C2=S)cc1. The first kappa shape index (κ1) is 24.7. The molecule has 1 saturated heterocycles. The summed E-state index contributed by atoms with van der Waals surface area (Å²) in [5.74, 6) is -0.470. The summed E-state index contributed by atoms with van der Waals surface area (Å²) in [7, 11) is 0. The molecule has 1 heterocycles. The first-order valence-electron chi connectivity index (χ1n) is 10.9. The Labute approximate surface area is 203 Å². The van der Waals surface area contributed by atoms with Gasteiger partial charge in [0.15, 0.2) is 0 Å². The molecule has 1 fully saturated rings. The molecule has 0 spiro atoms. The lowest BCUT2D eigenvalue weighted by Crippen LogP contribution is -2.28. The lowest BCUT2D eigenvalue weighted by molar-refractivity contribution is -0.116. The number of nitrogens with zero attached hydrogens (tertiary/aromatic N) is 1. The van der Waals surface area contributed by atoms with E-state index in [1.165, 1.54) is 11.8 Å². The summed E-state index contributed by atoms with van der Waals surface area (Å²) in [6, 6.07) is 16.4. The Balaban J connectivity index is 1.37. The second kappa shape index (κ2) is 12.3. The summed E-state index contributed by atoms with van der Waals surface area (Å²) >= 11 is 6.66. The maximum absolute atomic E-state index is 12.3. The molecule has 0 atom stereocenters. The maximum Gasteiger partial charge on any atom is 0.338 e. The Bertz CT molecular complexity index is 1040. The number of anilines is 1. The molecule has 0 radical (unpaired) electrons. The van der Waals surface area contributed by atoms with Crippen LogP contribution in [0.3, 0.4) is 0 Å². The fraction of sp³-hybridized carbons (Fsp3) is 0.280. The average Bonchev–Trinajstić information content (AvgIpc) is 3.07. The monoisotopic (exact) mass is 482 g/mol. The van der Waals surface area contributed by atoms with Gasteiger partial charge in [0, 0.05) is 18.7 Å². The number of carbonyl (C=O) groups is 3. The van der Waals surface area contributed by atoms with Gasteiger partial charge in [-0.1, -0.05) is 49.0 Å². The van der Waals surface area contributed by atoms with Gasteiger partial charge in [-0.2, -0.15) is 0 Å². The van der Waals surface area contributed by atoms with Crippen molar-refractivity contribution in [3.63, 3.8) is 0 Å². The molecule has 6 nitrogen and oxygen atoms in total. The number of hydrogen-bond acceptors (Lipinski definition) is 6. The number of esters is 1. The van der Waals surface area contributed by atoms with E-state index >= 15 is 0 Å². The van der Waals surface area contributed by atoms with Gasteiger partial charge in [0.1, 0.15) is 4.99 Å². The van der Waals surface area contributed by atoms with E-state index in [0.29, 0.717) is 42.2 Å². The van der Waals surface area contributed by atoms with Gasteiger partial charge in [0.05, 0.1) is 17.1 Å². The fourth-order valence-corrected chi connectivity index (χ4v) is 4.54. The molecule has 2 amide bonds. The Kier molecular flexibility index (Phi) is 9.21. The lowest BCUT2D eigenvalue weighted by Gasteiger charge is -2.14. The van der Waals surface area contributed by atoms with Crippen LogP contribution in [0, 0.1) is 0 Å². The molecule has 3 rings (SSSR count). The second-order valence-electron chi connectivity index (χ2n) is 7.40. The Hall–Kier alpha value is -2.97. The molecular formula is C25H26N2O4S2. The van der Waals surface area contributed by atoms with Crippen LogP contribution in [0.1, 0.15) is 48.5 Å².